The van der Waals surface area contributed by atoms with E-state index in [1.165, 1.54) is 17.7 Å². The zero-order valence-electron chi connectivity index (χ0n) is 54.6. The maximum atomic E-state index is 8.90. The molecule has 0 saturated heterocycles. The van der Waals surface area contributed by atoms with Gasteiger partial charge in [0.05, 0.1) is 33.4 Å². The van der Waals surface area contributed by atoms with Crippen LogP contribution in [0.1, 0.15) is 130 Å². The highest BCUT2D eigenvalue weighted by Crippen LogP contribution is 2.58. The molecule has 0 fully saturated rings. The molecule has 0 aliphatic carbocycles. The smallest absolute Gasteiger partial charge is 0.137 e. The van der Waals surface area contributed by atoms with Crippen molar-refractivity contribution in [3.05, 3.63) is 204 Å². The molecule has 3 aromatic heterocycles. The number of hydrogen-bond acceptors (Lipinski definition) is 3. The summed E-state index contributed by atoms with van der Waals surface area (Å²) >= 11 is 0. The minimum atomic E-state index is -3.47. The predicted octanol–water partition coefficient (Wildman–Crippen LogP) is 19.7. The van der Waals surface area contributed by atoms with E-state index >= 15 is 0 Å². The first kappa shape index (κ1) is 39.5. The molecule has 0 bridgehead atoms. The summed E-state index contributed by atoms with van der Waals surface area (Å²) in [7, 11) is 0. The van der Waals surface area contributed by atoms with Crippen LogP contribution in [0.25, 0.3) is 82.1 Å². The van der Waals surface area contributed by atoms with Crippen LogP contribution in [0.3, 0.4) is 0 Å². The van der Waals surface area contributed by atoms with Gasteiger partial charge in [-0.25, -0.2) is 4.98 Å². The molecule has 0 N–H and O–H groups in total. The van der Waals surface area contributed by atoms with Crippen molar-refractivity contribution in [2.45, 2.75) is 124 Å². The Morgan fingerprint density at radius 1 is 0.481 bits per heavy atom. The maximum absolute atomic E-state index is 8.90. The zero-order valence-corrected chi connectivity index (χ0v) is 45.6. The minimum absolute atomic E-state index is 0.0866. The number of ether oxygens (including phenoxy) is 1. The highest BCUT2D eigenvalue weighted by atomic mass is 16.5. The molecule has 8 aromatic carbocycles. The van der Waals surface area contributed by atoms with Crippen molar-refractivity contribution in [3.63, 3.8) is 0 Å². The summed E-state index contributed by atoms with van der Waals surface area (Å²) in [4.78, 5) is 7.37. The third-order valence-electron chi connectivity index (χ3n) is 17.4. The number of nitrogens with zero attached hydrogens (tertiary/aromatic N) is 4. The van der Waals surface area contributed by atoms with E-state index in [1.807, 2.05) is 57.3 Å². The third kappa shape index (κ3) is 7.51. The van der Waals surface area contributed by atoms with E-state index in [1.54, 1.807) is 0 Å². The number of aromatic nitrogens is 3. The van der Waals surface area contributed by atoms with Crippen LogP contribution in [0.2, 0.25) is 0 Å². The van der Waals surface area contributed by atoms with Gasteiger partial charge in [-0.05, 0) is 108 Å². The van der Waals surface area contributed by atoms with Crippen LogP contribution >= 0.6 is 0 Å². The van der Waals surface area contributed by atoms with E-state index in [0.29, 0.717) is 34.9 Å². The van der Waals surface area contributed by atoms with Gasteiger partial charge in [0.15, 0.2) is 0 Å². The highest BCUT2D eigenvalue weighted by molar-refractivity contribution is 6.22. The molecule has 0 amide bonds. The van der Waals surface area contributed by atoms with Crippen molar-refractivity contribution in [1.82, 2.24) is 14.1 Å². The Morgan fingerprint density at radius 3 is 1.70 bits per heavy atom. The molecule has 2 aliphatic heterocycles. The summed E-state index contributed by atoms with van der Waals surface area (Å²) in [5.41, 5.74) is 5.82. The Balaban J connectivity index is 1.10. The first-order valence-electron chi connectivity index (χ1n) is 31.4. The van der Waals surface area contributed by atoms with Crippen molar-refractivity contribution in [1.29, 1.82) is 0 Å². The molecule has 2 aliphatic rings. The molecular weight excluding hydrogens is 937 g/mol. The number of rotatable bonds is 4. The van der Waals surface area contributed by atoms with Gasteiger partial charge >= 0.3 is 0 Å². The van der Waals surface area contributed by atoms with Gasteiger partial charge in [-0.15, -0.1) is 0 Å². The molecular formula is C72H70N4O. The lowest BCUT2D eigenvalue weighted by Gasteiger charge is -2.42. The molecule has 5 heterocycles. The van der Waals surface area contributed by atoms with Crippen molar-refractivity contribution in [3.8, 4) is 28.4 Å². The van der Waals surface area contributed by atoms with Gasteiger partial charge in [-0.2, -0.15) is 0 Å². The molecule has 384 valence electrons. The molecule has 5 nitrogen and oxygen atoms in total. The standard InChI is InChI=1S/C72H70N4O/c1-68(2,3)45-35-36-73-64(40-45)76-61-28-19-18-25-55(61)56-31-29-48(41-62(56)76)77-49-30-33-59-63(42-49)74-43-75-65-50(44-37-46(69(4,5)6)39-47(38-44)70(7,8)9)26-20-27-57(65)53-23-16-14-21-51(53)52-22-15-17-24-54(52)58-32-34-60(67(74)66(58)75)72(12,13)71(59,10)11/h14-42H,43H2,1-13H3/i4D3,5D3,6D3. The molecule has 77 heavy (non-hydrogen) atoms. The van der Waals surface area contributed by atoms with Gasteiger partial charge < -0.3 is 14.2 Å². The van der Waals surface area contributed by atoms with Crippen LogP contribution in [0, 0.1) is 0 Å². The lowest BCUT2D eigenvalue weighted by molar-refractivity contribution is 0.307. The summed E-state index contributed by atoms with van der Waals surface area (Å²) in [6.07, 6.45) is 1.89. The molecule has 0 spiro atoms. The number of anilines is 2. The number of benzene rings is 8. The fraction of sp³-hybridized carbons (Fsp3) is 0.264. The van der Waals surface area contributed by atoms with Crippen molar-refractivity contribution in [2.24, 2.45) is 0 Å². The molecule has 0 atom stereocenters. The summed E-state index contributed by atoms with van der Waals surface area (Å²) in [6, 6.07) is 58.1. The average molecular weight is 1020 g/mol. The number of hydrogen-bond donors (Lipinski definition) is 0. The van der Waals surface area contributed by atoms with Crippen LogP contribution in [0.5, 0.6) is 11.5 Å². The fourth-order valence-corrected chi connectivity index (χ4v) is 12.5. The van der Waals surface area contributed by atoms with E-state index in [9.17, 15) is 0 Å². The molecule has 5 heteroatoms. The van der Waals surface area contributed by atoms with E-state index < -0.39 is 42.2 Å². The summed E-state index contributed by atoms with van der Waals surface area (Å²) in [5.74, 6) is 2.15. The lowest BCUT2D eigenvalue weighted by atomic mass is 9.61. The van der Waals surface area contributed by atoms with Crippen molar-refractivity contribution >= 4 is 76.5 Å². The summed E-state index contributed by atoms with van der Waals surface area (Å²) < 4.78 is 91.8. The lowest BCUT2D eigenvalue weighted by Crippen LogP contribution is -2.39. The predicted molar refractivity (Wildman–Crippen MR) is 327 cm³/mol. The number of pyridine rings is 1. The molecule has 0 radical (unpaired) electrons. The van der Waals surface area contributed by atoms with Gasteiger partial charge in [-0.3, -0.25) is 4.57 Å². The van der Waals surface area contributed by atoms with Gasteiger partial charge in [0.25, 0.3) is 0 Å². The van der Waals surface area contributed by atoms with Crippen LogP contribution in [0.15, 0.2) is 176 Å². The largest absolute Gasteiger partial charge is 0.457 e. The van der Waals surface area contributed by atoms with E-state index in [-0.39, 0.29) is 11.0 Å². The van der Waals surface area contributed by atoms with Crippen LogP contribution in [-0.2, 0) is 33.7 Å². The topological polar surface area (TPSA) is 35.2 Å². The van der Waals surface area contributed by atoms with Crippen molar-refractivity contribution < 1.29 is 17.1 Å². The Bertz CT molecular complexity index is 4680. The van der Waals surface area contributed by atoms with Gasteiger partial charge in [-0.1, -0.05) is 211 Å². The Morgan fingerprint density at radius 2 is 1.03 bits per heavy atom. The first-order chi connectivity index (χ1) is 40.3. The number of fused-ring (bicyclic) bond motifs is 12. The second-order valence-electron chi connectivity index (χ2n) is 24.7. The average Bonchev–Trinajstić information content (AvgIpc) is 1.28. The monoisotopic (exact) mass is 1020 g/mol. The Labute approximate surface area is 466 Å². The molecule has 0 unspecified atom stereocenters. The molecule has 0 saturated carbocycles. The Hall–Kier alpha value is -7.89. The molecule has 11 aromatic rings. The fourth-order valence-electron chi connectivity index (χ4n) is 12.5. The summed E-state index contributed by atoms with van der Waals surface area (Å²) in [6.45, 7) is 11.7. The van der Waals surface area contributed by atoms with E-state index in [0.717, 1.165) is 93.5 Å². The van der Waals surface area contributed by atoms with Gasteiger partial charge in [0.1, 0.15) is 24.0 Å². The van der Waals surface area contributed by atoms with Crippen molar-refractivity contribution in [2.75, 3.05) is 4.90 Å². The second-order valence-corrected chi connectivity index (χ2v) is 24.7. The SMILES string of the molecule is [2H]C([2H])([2H])C(c1cc(-c2cccc3c4ccccc4c4ccccc4c4ccc5c6c4n(c23)CN6c2cc(Oc3ccc4c6ccccc6n(-c6cc(C(C)(C)C)ccn6)c4c3)ccc2C(C)(C)C5(C)C)cc(C(C)(C)C)c1)(C([2H])([2H])[2H])C([2H])([2H])[2H]. The van der Waals surface area contributed by atoms with Crippen LogP contribution < -0.4 is 9.64 Å². The maximum Gasteiger partial charge on any atom is 0.137 e. The van der Waals surface area contributed by atoms with E-state index in [2.05, 4.69) is 190 Å². The van der Waals surface area contributed by atoms with Crippen LogP contribution in [0.4, 0.5) is 11.4 Å². The second kappa shape index (κ2) is 16.8. The number of para-hydroxylation sites is 2. The van der Waals surface area contributed by atoms with Gasteiger partial charge in [0, 0.05) is 68.6 Å². The third-order valence-corrected chi connectivity index (χ3v) is 17.4. The summed E-state index contributed by atoms with van der Waals surface area (Å²) in [5, 5.41) is 8.15. The Kier molecular flexibility index (Phi) is 8.62. The molecule has 13 rings (SSSR count). The van der Waals surface area contributed by atoms with Crippen LogP contribution in [-0.4, -0.2) is 14.1 Å². The quantitative estimate of drug-likeness (QED) is 0.176. The van der Waals surface area contributed by atoms with Gasteiger partial charge in [0.2, 0.25) is 0 Å². The normalized spacial score (nSPS) is 17.2. The minimum Gasteiger partial charge on any atom is -0.457 e. The highest BCUT2D eigenvalue weighted by Gasteiger charge is 2.48. The van der Waals surface area contributed by atoms with E-state index in [4.69, 9.17) is 22.1 Å². The first-order valence-corrected chi connectivity index (χ1v) is 26.9. The zero-order chi connectivity index (χ0) is 61.2.